The van der Waals surface area contributed by atoms with E-state index in [2.05, 4.69) is 34.2 Å². The van der Waals surface area contributed by atoms with E-state index in [1.165, 1.54) is 9.18 Å². The van der Waals surface area contributed by atoms with E-state index < -0.39 is 10.2 Å². The minimum Gasteiger partial charge on any atom is -0.298 e. The number of thiophene rings is 1. The average molecular weight is 317 g/mol. The van der Waals surface area contributed by atoms with E-state index in [0.717, 1.165) is 19.4 Å². The molecule has 2 rings (SSSR count). The average Bonchev–Trinajstić information content (AvgIpc) is 2.89. The quantitative estimate of drug-likeness (QED) is 0.896. The summed E-state index contributed by atoms with van der Waals surface area (Å²) in [6, 6.07) is 4.52. The highest BCUT2D eigenvalue weighted by Gasteiger charge is 2.32. The second-order valence-electron chi connectivity index (χ2n) is 5.48. The molecule has 0 saturated carbocycles. The molecule has 2 heterocycles. The van der Waals surface area contributed by atoms with Crippen LogP contribution in [0.25, 0.3) is 0 Å². The van der Waals surface area contributed by atoms with Gasteiger partial charge in [0.25, 0.3) is 10.2 Å². The fraction of sp³-hybridized carbons (Fsp3) is 0.692. The lowest BCUT2D eigenvalue weighted by molar-refractivity contribution is 0.125. The Morgan fingerprint density at radius 1 is 1.50 bits per heavy atom. The van der Waals surface area contributed by atoms with Gasteiger partial charge in [-0.3, -0.25) is 4.90 Å². The molecule has 0 aliphatic carbocycles. The monoisotopic (exact) mass is 317 g/mol. The molecule has 1 fully saturated rings. The zero-order chi connectivity index (χ0) is 14.8. The van der Waals surface area contributed by atoms with Crippen LogP contribution < -0.4 is 4.72 Å². The highest BCUT2D eigenvalue weighted by Crippen LogP contribution is 2.36. The van der Waals surface area contributed by atoms with Crippen molar-refractivity contribution in [1.82, 2.24) is 13.9 Å². The van der Waals surface area contributed by atoms with Gasteiger partial charge >= 0.3 is 0 Å². The molecule has 114 valence electrons. The molecule has 0 unspecified atom stereocenters. The van der Waals surface area contributed by atoms with Crippen LogP contribution in [0.15, 0.2) is 17.5 Å². The van der Waals surface area contributed by atoms with Crippen LogP contribution in [0.4, 0.5) is 0 Å². The van der Waals surface area contributed by atoms with E-state index in [1.54, 1.807) is 25.4 Å². The summed E-state index contributed by atoms with van der Waals surface area (Å²) in [5.41, 5.74) is 0. The molecule has 2 atom stereocenters. The molecule has 1 saturated heterocycles. The predicted octanol–water partition coefficient (Wildman–Crippen LogP) is 1.53. The maximum atomic E-state index is 11.9. The first-order valence-corrected chi connectivity index (χ1v) is 9.14. The van der Waals surface area contributed by atoms with E-state index in [4.69, 9.17) is 0 Å². The van der Waals surface area contributed by atoms with E-state index >= 15 is 0 Å². The van der Waals surface area contributed by atoms with E-state index in [0.29, 0.717) is 18.5 Å². The van der Waals surface area contributed by atoms with Crippen LogP contribution in [0, 0.1) is 5.92 Å². The third-order valence-electron chi connectivity index (χ3n) is 3.85. The first-order valence-electron chi connectivity index (χ1n) is 6.82. The van der Waals surface area contributed by atoms with Crippen LogP contribution in [-0.2, 0) is 10.2 Å². The van der Waals surface area contributed by atoms with Crippen molar-refractivity contribution < 1.29 is 8.42 Å². The van der Waals surface area contributed by atoms with E-state index in [9.17, 15) is 8.42 Å². The summed E-state index contributed by atoms with van der Waals surface area (Å²) in [5.74, 6) is 0.321. The molecule has 0 amide bonds. The van der Waals surface area contributed by atoms with Gasteiger partial charge in [0.2, 0.25) is 0 Å². The van der Waals surface area contributed by atoms with Gasteiger partial charge in [-0.15, -0.1) is 11.3 Å². The van der Waals surface area contributed by atoms with Gasteiger partial charge in [0.05, 0.1) is 0 Å². The van der Waals surface area contributed by atoms with Crippen molar-refractivity contribution in [2.45, 2.75) is 18.9 Å². The third kappa shape index (κ3) is 3.59. The van der Waals surface area contributed by atoms with Crippen LogP contribution in [0.3, 0.4) is 0 Å². The molecular weight excluding hydrogens is 294 g/mol. The van der Waals surface area contributed by atoms with Gasteiger partial charge in [0.1, 0.15) is 0 Å². The van der Waals surface area contributed by atoms with Crippen molar-refractivity contribution in [3.05, 3.63) is 22.4 Å². The Morgan fingerprint density at radius 2 is 2.25 bits per heavy atom. The fourth-order valence-corrected chi connectivity index (χ4v) is 4.39. The van der Waals surface area contributed by atoms with Crippen LogP contribution in [0.5, 0.6) is 0 Å². The Kier molecular flexibility index (Phi) is 5.19. The zero-order valence-corrected chi connectivity index (χ0v) is 13.9. The summed E-state index contributed by atoms with van der Waals surface area (Å²) in [4.78, 5) is 3.66. The van der Waals surface area contributed by atoms with Crippen molar-refractivity contribution in [3.63, 3.8) is 0 Å². The SMILES string of the molecule is CN1CCC[C@@H](CNS(=O)(=O)N(C)C)[C@H]1c1cccs1. The molecule has 7 heteroatoms. The van der Waals surface area contributed by atoms with Crippen molar-refractivity contribution in [2.24, 2.45) is 5.92 Å². The number of nitrogens with zero attached hydrogens (tertiary/aromatic N) is 2. The molecular formula is C13H23N3O2S2. The fourth-order valence-electron chi connectivity index (χ4n) is 2.72. The Bertz CT molecular complexity index is 514. The molecule has 0 spiro atoms. The lowest BCUT2D eigenvalue weighted by Crippen LogP contribution is -2.44. The van der Waals surface area contributed by atoms with Crippen LogP contribution in [-0.4, -0.2) is 51.9 Å². The standard InChI is InChI=1S/C13H23N3O2S2/c1-15(2)20(17,18)14-10-11-6-4-8-16(3)13(11)12-7-5-9-19-12/h5,7,9,11,13-14H,4,6,8,10H2,1-3H3/t11-,13-/m0/s1. The Hall–Kier alpha value is -0.470. The summed E-state index contributed by atoms with van der Waals surface area (Å²) in [7, 11) is 1.88. The van der Waals surface area contributed by atoms with Crippen molar-refractivity contribution in [1.29, 1.82) is 0 Å². The topological polar surface area (TPSA) is 52.7 Å². The number of hydrogen-bond acceptors (Lipinski definition) is 4. The van der Waals surface area contributed by atoms with Crippen LogP contribution in [0.1, 0.15) is 23.8 Å². The largest absolute Gasteiger partial charge is 0.298 e. The van der Waals surface area contributed by atoms with Crippen molar-refractivity contribution in [3.8, 4) is 0 Å². The second-order valence-corrected chi connectivity index (χ2v) is 8.43. The Morgan fingerprint density at radius 3 is 2.85 bits per heavy atom. The first kappa shape index (κ1) is 15.9. The van der Waals surface area contributed by atoms with Crippen molar-refractivity contribution in [2.75, 3.05) is 34.2 Å². The molecule has 0 bridgehead atoms. The van der Waals surface area contributed by atoms with Crippen LogP contribution in [0.2, 0.25) is 0 Å². The highest BCUT2D eigenvalue weighted by molar-refractivity contribution is 7.87. The molecule has 0 radical (unpaired) electrons. The molecule has 5 nitrogen and oxygen atoms in total. The number of nitrogens with one attached hydrogen (secondary N) is 1. The summed E-state index contributed by atoms with van der Waals surface area (Å²) >= 11 is 1.75. The zero-order valence-electron chi connectivity index (χ0n) is 12.2. The number of piperidine rings is 1. The van der Waals surface area contributed by atoms with Gasteiger partial charge in [-0.2, -0.15) is 12.7 Å². The number of hydrogen-bond donors (Lipinski definition) is 1. The maximum Gasteiger partial charge on any atom is 0.278 e. The van der Waals surface area contributed by atoms with E-state index in [1.807, 2.05) is 0 Å². The second kappa shape index (κ2) is 6.53. The minimum atomic E-state index is -3.34. The third-order valence-corrected chi connectivity index (χ3v) is 6.29. The van der Waals surface area contributed by atoms with Gasteiger partial charge in [0.15, 0.2) is 0 Å². The summed E-state index contributed by atoms with van der Waals surface area (Å²) < 4.78 is 27.6. The highest BCUT2D eigenvalue weighted by atomic mass is 32.2. The molecule has 0 aromatic carbocycles. The lowest BCUT2D eigenvalue weighted by atomic mass is 9.88. The maximum absolute atomic E-state index is 11.9. The summed E-state index contributed by atoms with van der Waals surface area (Å²) in [5, 5.41) is 2.08. The smallest absolute Gasteiger partial charge is 0.278 e. The molecule has 1 aliphatic rings. The van der Waals surface area contributed by atoms with Gasteiger partial charge in [0, 0.05) is 31.6 Å². The molecule has 1 N–H and O–H groups in total. The predicted molar refractivity (Wildman–Crippen MR) is 83.0 cm³/mol. The molecule has 20 heavy (non-hydrogen) atoms. The first-order chi connectivity index (χ1) is 9.42. The summed E-state index contributed by atoms with van der Waals surface area (Å²) in [6.07, 6.45) is 2.18. The van der Waals surface area contributed by atoms with Crippen molar-refractivity contribution >= 4 is 21.5 Å². The van der Waals surface area contributed by atoms with Gasteiger partial charge in [-0.25, -0.2) is 4.72 Å². The minimum absolute atomic E-state index is 0.314. The lowest BCUT2D eigenvalue weighted by Gasteiger charge is -2.39. The van der Waals surface area contributed by atoms with Gasteiger partial charge in [-0.1, -0.05) is 6.07 Å². The van der Waals surface area contributed by atoms with Crippen LogP contribution >= 0.6 is 11.3 Å². The van der Waals surface area contributed by atoms with E-state index in [-0.39, 0.29) is 0 Å². The van der Waals surface area contributed by atoms with Gasteiger partial charge in [-0.05, 0) is 43.8 Å². The number of rotatable bonds is 5. The number of likely N-dealkylation sites (tertiary alicyclic amines) is 1. The Balaban J connectivity index is 2.08. The molecule has 1 aliphatic heterocycles. The normalized spacial score (nSPS) is 25.2. The summed E-state index contributed by atoms with van der Waals surface area (Å²) in [6.45, 7) is 1.56. The molecule has 1 aromatic heterocycles. The molecule has 1 aromatic rings. The Labute approximate surface area is 125 Å². The van der Waals surface area contributed by atoms with Gasteiger partial charge < -0.3 is 0 Å².